The third-order valence-corrected chi connectivity index (χ3v) is 4.43. The Morgan fingerprint density at radius 3 is 2.80 bits per heavy atom. The maximum atomic E-state index is 10.6. The third-order valence-electron chi connectivity index (χ3n) is 4.43. The van der Waals surface area contributed by atoms with E-state index < -0.39 is 11.0 Å². The molecule has 0 amide bonds. The predicted octanol–water partition coefficient (Wildman–Crippen LogP) is 1.43. The van der Waals surface area contributed by atoms with Gasteiger partial charge in [-0.3, -0.25) is 0 Å². The second kappa shape index (κ2) is 3.77. The molecule has 0 bridgehead atoms. The van der Waals surface area contributed by atoms with Crippen LogP contribution in [-0.4, -0.2) is 23.8 Å². The zero-order chi connectivity index (χ0) is 10.9. The number of β-amino-alcohol motifs (C(OH)–C–C–N with tert-alkyl or cyclic N) is 1. The molecule has 0 spiro atoms. The summed E-state index contributed by atoms with van der Waals surface area (Å²) in [7, 11) is 0. The first-order chi connectivity index (χ1) is 7.16. The van der Waals surface area contributed by atoms with Gasteiger partial charge >= 0.3 is 0 Å². The number of hydrogen-bond acceptors (Lipinski definition) is 3. The van der Waals surface area contributed by atoms with Gasteiger partial charge in [0.15, 0.2) is 0 Å². The first-order valence-electron chi connectivity index (χ1n) is 6.00. The van der Waals surface area contributed by atoms with Gasteiger partial charge in [-0.05, 0) is 38.1 Å². The summed E-state index contributed by atoms with van der Waals surface area (Å²) in [5.41, 5.74) is -1.25. The second-order valence-corrected chi connectivity index (χ2v) is 5.17. The van der Waals surface area contributed by atoms with Gasteiger partial charge in [-0.2, -0.15) is 5.26 Å². The number of nitriles is 1. The highest BCUT2D eigenvalue weighted by Gasteiger charge is 2.55. The van der Waals surface area contributed by atoms with Gasteiger partial charge < -0.3 is 10.4 Å². The first kappa shape index (κ1) is 10.9. The Labute approximate surface area is 91.5 Å². The molecule has 0 aromatic rings. The van der Waals surface area contributed by atoms with Crippen LogP contribution < -0.4 is 5.32 Å². The third kappa shape index (κ3) is 1.56. The number of aliphatic hydroxyl groups is 1. The number of nitrogens with zero attached hydrogens (tertiary/aromatic N) is 1. The van der Waals surface area contributed by atoms with Crippen molar-refractivity contribution in [2.24, 2.45) is 11.3 Å². The summed E-state index contributed by atoms with van der Waals surface area (Å²) in [6.07, 6.45) is 4.73. The number of hydrogen-bond donors (Lipinski definition) is 2. The van der Waals surface area contributed by atoms with Crippen LogP contribution in [0.1, 0.15) is 39.0 Å². The minimum absolute atomic E-state index is 0.475. The molecule has 3 unspecified atom stereocenters. The highest BCUT2D eigenvalue weighted by Crippen LogP contribution is 2.51. The lowest BCUT2D eigenvalue weighted by atomic mass is 9.70. The Kier molecular flexibility index (Phi) is 2.74. The summed E-state index contributed by atoms with van der Waals surface area (Å²) in [4.78, 5) is 0. The number of rotatable bonds is 2. The van der Waals surface area contributed by atoms with E-state index in [-0.39, 0.29) is 0 Å². The summed E-state index contributed by atoms with van der Waals surface area (Å²) in [6, 6.07) is 2.43. The van der Waals surface area contributed by atoms with Crippen LogP contribution in [0.5, 0.6) is 0 Å². The van der Waals surface area contributed by atoms with E-state index in [9.17, 15) is 10.4 Å². The van der Waals surface area contributed by atoms with Crippen molar-refractivity contribution in [3.63, 3.8) is 0 Å². The van der Waals surface area contributed by atoms with Crippen molar-refractivity contribution >= 4 is 0 Å². The molecule has 1 saturated heterocycles. The molecule has 3 nitrogen and oxygen atoms in total. The van der Waals surface area contributed by atoms with E-state index in [0.29, 0.717) is 12.5 Å². The van der Waals surface area contributed by atoms with Crippen molar-refractivity contribution in [2.75, 3.05) is 13.1 Å². The van der Waals surface area contributed by atoms with E-state index in [4.69, 9.17) is 0 Å². The normalized spacial score (nSPS) is 45.5. The van der Waals surface area contributed by atoms with E-state index in [1.54, 1.807) is 0 Å². The molecule has 3 heteroatoms. The first-order valence-corrected chi connectivity index (χ1v) is 6.00. The van der Waals surface area contributed by atoms with Gasteiger partial charge in [0, 0.05) is 6.54 Å². The highest BCUT2D eigenvalue weighted by atomic mass is 16.3. The molecule has 0 radical (unpaired) electrons. The minimum atomic E-state index is -0.772. The van der Waals surface area contributed by atoms with Gasteiger partial charge in [0.05, 0.1) is 17.1 Å². The van der Waals surface area contributed by atoms with Crippen LogP contribution in [0.15, 0.2) is 0 Å². The smallest absolute Gasteiger partial charge is 0.0968 e. The molecule has 2 N–H and O–H groups in total. The van der Waals surface area contributed by atoms with Gasteiger partial charge in [0.25, 0.3) is 0 Å². The fraction of sp³-hybridized carbons (Fsp3) is 0.917. The summed E-state index contributed by atoms with van der Waals surface area (Å²) < 4.78 is 0. The van der Waals surface area contributed by atoms with Crippen LogP contribution in [0.3, 0.4) is 0 Å². The molecule has 1 aliphatic carbocycles. The average Bonchev–Trinajstić information content (AvgIpc) is 2.85. The molecule has 2 aliphatic rings. The van der Waals surface area contributed by atoms with Gasteiger partial charge in [-0.1, -0.05) is 13.3 Å². The predicted molar refractivity (Wildman–Crippen MR) is 58.1 cm³/mol. The highest BCUT2D eigenvalue weighted by molar-refractivity contribution is 5.17. The maximum absolute atomic E-state index is 10.6. The van der Waals surface area contributed by atoms with Gasteiger partial charge in [0.1, 0.15) is 0 Å². The standard InChI is InChI=1S/C12H20N2O/c1-2-10-3-4-11(7-10,8-13)12(15)5-6-14-9-12/h10,14-15H,2-7,9H2,1H3. The molecule has 0 aromatic heterocycles. The Bertz CT molecular complexity index is 278. The van der Waals surface area contributed by atoms with Crippen LogP contribution in [-0.2, 0) is 0 Å². The summed E-state index contributed by atoms with van der Waals surface area (Å²) in [5.74, 6) is 0.634. The number of nitrogens with one attached hydrogen (secondary N) is 1. The molecule has 1 aliphatic heterocycles. The summed E-state index contributed by atoms with van der Waals surface area (Å²) in [6.45, 7) is 3.61. The molecule has 1 saturated carbocycles. The van der Waals surface area contributed by atoms with E-state index >= 15 is 0 Å². The van der Waals surface area contributed by atoms with Crippen molar-refractivity contribution in [1.82, 2.24) is 5.32 Å². The molecule has 1 heterocycles. The van der Waals surface area contributed by atoms with Crippen LogP contribution in [0.4, 0.5) is 0 Å². The van der Waals surface area contributed by atoms with Crippen molar-refractivity contribution in [3.05, 3.63) is 0 Å². The molecule has 2 fully saturated rings. The zero-order valence-electron chi connectivity index (χ0n) is 9.42. The summed E-state index contributed by atoms with van der Waals surface area (Å²) >= 11 is 0. The van der Waals surface area contributed by atoms with Crippen molar-refractivity contribution in [3.8, 4) is 6.07 Å². The van der Waals surface area contributed by atoms with E-state index in [0.717, 1.165) is 38.6 Å². The largest absolute Gasteiger partial charge is 0.387 e. The van der Waals surface area contributed by atoms with Crippen molar-refractivity contribution < 1.29 is 5.11 Å². The maximum Gasteiger partial charge on any atom is 0.0968 e. The summed E-state index contributed by atoms with van der Waals surface area (Å²) in [5, 5.41) is 23.2. The van der Waals surface area contributed by atoms with Crippen LogP contribution in [0.25, 0.3) is 0 Å². The molecular weight excluding hydrogens is 188 g/mol. The Morgan fingerprint density at radius 2 is 2.33 bits per heavy atom. The van der Waals surface area contributed by atoms with E-state index in [2.05, 4.69) is 18.3 Å². The molecular formula is C12H20N2O. The lowest BCUT2D eigenvalue weighted by molar-refractivity contribution is -0.0368. The van der Waals surface area contributed by atoms with Crippen molar-refractivity contribution in [2.45, 2.75) is 44.6 Å². The fourth-order valence-electron chi connectivity index (χ4n) is 3.21. The van der Waals surface area contributed by atoms with Crippen LogP contribution in [0, 0.1) is 22.7 Å². The average molecular weight is 208 g/mol. The quantitative estimate of drug-likeness (QED) is 0.722. The molecule has 3 atom stereocenters. The lowest BCUT2D eigenvalue weighted by Gasteiger charge is -2.36. The topological polar surface area (TPSA) is 56.0 Å². The lowest BCUT2D eigenvalue weighted by Crippen LogP contribution is -2.47. The SMILES string of the molecule is CCC1CCC(C#N)(C2(O)CCNC2)C1. The van der Waals surface area contributed by atoms with Gasteiger partial charge in [-0.15, -0.1) is 0 Å². The van der Waals surface area contributed by atoms with E-state index in [1.807, 2.05) is 0 Å². The molecule has 2 rings (SSSR count). The molecule has 84 valence electrons. The van der Waals surface area contributed by atoms with E-state index in [1.165, 1.54) is 0 Å². The Morgan fingerprint density at radius 1 is 1.53 bits per heavy atom. The van der Waals surface area contributed by atoms with Crippen molar-refractivity contribution in [1.29, 1.82) is 5.26 Å². The van der Waals surface area contributed by atoms with Crippen LogP contribution in [0.2, 0.25) is 0 Å². The minimum Gasteiger partial charge on any atom is -0.387 e. The molecule has 15 heavy (non-hydrogen) atoms. The monoisotopic (exact) mass is 208 g/mol. The Hall–Kier alpha value is -0.590. The Balaban J connectivity index is 2.20. The fourth-order valence-corrected chi connectivity index (χ4v) is 3.21. The second-order valence-electron chi connectivity index (χ2n) is 5.17. The van der Waals surface area contributed by atoms with Gasteiger partial charge in [0.2, 0.25) is 0 Å². The van der Waals surface area contributed by atoms with Crippen LogP contribution >= 0.6 is 0 Å². The zero-order valence-corrected chi connectivity index (χ0v) is 9.42. The molecule has 0 aromatic carbocycles. The van der Waals surface area contributed by atoms with Gasteiger partial charge in [-0.25, -0.2) is 0 Å².